The van der Waals surface area contributed by atoms with Gasteiger partial charge in [0.05, 0.1) is 16.8 Å². The monoisotopic (exact) mass is 719 g/mol. The number of hydrogen-bond acceptors (Lipinski definition) is 7. The van der Waals surface area contributed by atoms with Crippen LogP contribution < -0.4 is 9.46 Å². The lowest BCUT2D eigenvalue weighted by molar-refractivity contribution is -1.08. The number of halogens is 4. The third-order valence-corrected chi connectivity index (χ3v) is 13.2. The van der Waals surface area contributed by atoms with Crippen molar-refractivity contribution in [1.82, 2.24) is 4.72 Å². The Morgan fingerprint density at radius 2 is 1.70 bits per heavy atom. The highest BCUT2D eigenvalue weighted by molar-refractivity contribution is 7.92. The second-order valence-corrected chi connectivity index (χ2v) is 16.4. The molecule has 3 aliphatic rings. The Morgan fingerprint density at radius 1 is 1.06 bits per heavy atom. The molecule has 0 spiro atoms. The highest BCUT2D eigenvalue weighted by Crippen LogP contribution is 2.51. The van der Waals surface area contributed by atoms with Crippen molar-refractivity contribution < 1.29 is 54.0 Å². The van der Waals surface area contributed by atoms with Crippen molar-refractivity contribution in [3.63, 3.8) is 0 Å². The average molecular weight is 720 g/mol. The molecule has 1 atom stereocenters. The molecular formula is C27H30F4N7O6PS2+2. The lowest BCUT2D eigenvalue weighted by Gasteiger charge is -2.55. The Balaban J connectivity index is 1.32. The number of thiophene rings is 1. The molecule has 6 rings (SSSR count). The van der Waals surface area contributed by atoms with E-state index in [-0.39, 0.29) is 17.9 Å². The van der Waals surface area contributed by atoms with Gasteiger partial charge in [-0.15, -0.1) is 11.3 Å². The molecule has 3 aliphatic heterocycles. The number of hydrogen-bond donors (Lipinski definition) is 3. The van der Waals surface area contributed by atoms with Gasteiger partial charge in [-0.25, -0.2) is 21.6 Å². The fourth-order valence-corrected chi connectivity index (χ4v) is 10.2. The standard InChI is InChI=1S/C27H28F4N7O6PS2/c28-20-14-17(2-3-18(20)16-32)27(45(39,40)41)35-47(42,43)21-15-19-22(29)23(30)25(24(31)26(19)46-21)44-13-12-38-9-6-37(7-10-38,8-11-38)5-1-4-34-36-33/h2-3,14-15,27,35H,1,4-13H2/p+2. The predicted molar refractivity (Wildman–Crippen MR) is 162 cm³/mol. The minimum Gasteiger partial charge on any atom is -0.481 e. The molecule has 3 saturated heterocycles. The molecule has 1 unspecified atom stereocenters. The fraction of sp³-hybridized carbons (Fsp3) is 0.444. The van der Waals surface area contributed by atoms with Gasteiger partial charge < -0.3 is 23.5 Å². The predicted octanol–water partition coefficient (Wildman–Crippen LogP) is 4.22. The van der Waals surface area contributed by atoms with Gasteiger partial charge in [-0.2, -0.15) is 14.4 Å². The first kappa shape index (κ1) is 35.0. The number of quaternary nitrogens is 2. The number of piperazine rings is 3. The average Bonchev–Trinajstić information content (AvgIpc) is 3.50. The molecule has 0 saturated carbocycles. The van der Waals surface area contributed by atoms with E-state index in [0.29, 0.717) is 29.7 Å². The number of nitrogens with one attached hydrogen (secondary N) is 1. The largest absolute Gasteiger partial charge is 0.481 e. The molecule has 1 aromatic heterocycles. The van der Waals surface area contributed by atoms with Crippen molar-refractivity contribution in [3.05, 3.63) is 69.1 Å². The Kier molecular flexibility index (Phi) is 9.91. The minimum absolute atomic E-state index is 0.140. The van der Waals surface area contributed by atoms with Gasteiger partial charge in [-0.05, 0) is 29.3 Å². The number of ether oxygens (including phenoxy) is 1. The molecule has 0 radical (unpaired) electrons. The minimum atomic E-state index is -5.35. The fourth-order valence-electron chi connectivity index (χ4n) is 6.18. The number of sulfonamides is 1. The van der Waals surface area contributed by atoms with Crippen molar-refractivity contribution in [1.29, 1.82) is 5.26 Å². The SMILES string of the molecule is N#Cc1ccc(C(NS(=O)(=O)c2cc3c(F)c(F)c(OCC[N+]45CC[N+](CCCN=[N+]=[N-])(CC4)CC5)c(F)c3s2)P(=O)(O)O)cc1F. The molecule has 2 bridgehead atoms. The van der Waals surface area contributed by atoms with Gasteiger partial charge in [-0.3, -0.25) is 4.57 Å². The van der Waals surface area contributed by atoms with Gasteiger partial charge in [0.15, 0.2) is 17.4 Å². The lowest BCUT2D eigenvalue weighted by atomic mass is 10.1. The van der Waals surface area contributed by atoms with Crippen LogP contribution in [0.1, 0.15) is 23.3 Å². The van der Waals surface area contributed by atoms with Gasteiger partial charge in [0.2, 0.25) is 5.82 Å². The maximum atomic E-state index is 15.6. The van der Waals surface area contributed by atoms with E-state index >= 15 is 13.2 Å². The summed E-state index contributed by atoms with van der Waals surface area (Å²) in [7, 11) is -10.3. The van der Waals surface area contributed by atoms with Crippen LogP contribution >= 0.6 is 18.9 Å². The van der Waals surface area contributed by atoms with Crippen LogP contribution in [0.5, 0.6) is 5.75 Å². The summed E-state index contributed by atoms with van der Waals surface area (Å²) in [5.74, 6) is -9.04. The normalized spacial score (nSPS) is 21.7. The zero-order valence-corrected chi connectivity index (χ0v) is 27.2. The maximum absolute atomic E-state index is 15.6. The molecule has 3 fully saturated rings. The first-order chi connectivity index (χ1) is 22.1. The van der Waals surface area contributed by atoms with Gasteiger partial charge >= 0.3 is 7.60 Å². The van der Waals surface area contributed by atoms with Crippen LogP contribution in [0.4, 0.5) is 17.6 Å². The third kappa shape index (κ3) is 7.12. The molecular weight excluding hydrogens is 689 g/mol. The Morgan fingerprint density at radius 3 is 2.28 bits per heavy atom. The number of nitriles is 1. The van der Waals surface area contributed by atoms with E-state index in [1.807, 2.05) is 0 Å². The molecule has 252 valence electrons. The second-order valence-electron chi connectivity index (χ2n) is 11.7. The van der Waals surface area contributed by atoms with Crippen molar-refractivity contribution in [3.8, 4) is 11.8 Å². The van der Waals surface area contributed by atoms with Crippen LogP contribution in [-0.4, -0.2) is 92.7 Å². The highest BCUT2D eigenvalue weighted by Gasteiger charge is 2.48. The van der Waals surface area contributed by atoms with Gasteiger partial charge in [0.1, 0.15) is 74.3 Å². The molecule has 0 aliphatic carbocycles. The Labute approximate surface area is 270 Å². The molecule has 0 amide bonds. The summed E-state index contributed by atoms with van der Waals surface area (Å²) in [6.07, 6.45) is 0.781. The molecule has 20 heteroatoms. The molecule has 47 heavy (non-hydrogen) atoms. The van der Waals surface area contributed by atoms with Crippen LogP contribution in [0.2, 0.25) is 0 Å². The topological polar surface area (TPSA) is 185 Å². The second kappa shape index (κ2) is 13.3. The quantitative estimate of drug-likeness (QED) is 0.0345. The van der Waals surface area contributed by atoms with Gasteiger partial charge in [0, 0.05) is 23.3 Å². The first-order valence-electron chi connectivity index (χ1n) is 14.4. The van der Waals surface area contributed by atoms with Crippen LogP contribution in [0.3, 0.4) is 0 Å². The van der Waals surface area contributed by atoms with Crippen molar-refractivity contribution in [2.75, 3.05) is 65.5 Å². The van der Waals surface area contributed by atoms with E-state index in [1.54, 1.807) is 4.72 Å². The van der Waals surface area contributed by atoms with Crippen LogP contribution in [0.15, 0.2) is 33.6 Å². The van der Waals surface area contributed by atoms with Crippen LogP contribution in [0.25, 0.3) is 20.5 Å². The van der Waals surface area contributed by atoms with Crippen molar-refractivity contribution in [2.24, 2.45) is 5.11 Å². The van der Waals surface area contributed by atoms with Crippen molar-refractivity contribution >= 4 is 39.0 Å². The molecule has 13 nitrogen and oxygen atoms in total. The number of benzene rings is 2. The maximum Gasteiger partial charge on any atom is 0.347 e. The summed E-state index contributed by atoms with van der Waals surface area (Å²) in [6, 6.07) is 4.58. The summed E-state index contributed by atoms with van der Waals surface area (Å²) in [5, 5.41) is 11.8. The molecule has 3 N–H and O–H groups in total. The number of fused-ring (bicyclic) bond motifs is 4. The molecule has 4 heterocycles. The molecule has 2 aromatic carbocycles. The van der Waals surface area contributed by atoms with E-state index < -0.39 is 77.8 Å². The molecule has 3 aromatic rings. The zero-order chi connectivity index (χ0) is 34.2. The summed E-state index contributed by atoms with van der Waals surface area (Å²) in [6.45, 7) is 6.71. The van der Waals surface area contributed by atoms with E-state index in [1.165, 1.54) is 6.07 Å². The Hall–Kier alpha value is -3.30. The van der Waals surface area contributed by atoms with E-state index in [4.69, 9.17) is 15.5 Å². The summed E-state index contributed by atoms with van der Waals surface area (Å²) in [5.41, 5.74) is 7.51. The smallest absolute Gasteiger partial charge is 0.347 e. The van der Waals surface area contributed by atoms with Gasteiger partial charge in [0.25, 0.3) is 10.0 Å². The third-order valence-electron chi connectivity index (χ3n) is 8.95. The number of rotatable bonds is 13. The number of nitrogens with zero attached hydrogens (tertiary/aromatic N) is 6. The van der Waals surface area contributed by atoms with Crippen LogP contribution in [-0.2, 0) is 14.6 Å². The van der Waals surface area contributed by atoms with E-state index in [9.17, 15) is 27.2 Å². The zero-order valence-electron chi connectivity index (χ0n) is 24.7. The number of azide groups is 1. The highest BCUT2D eigenvalue weighted by atomic mass is 32.2. The first-order valence-corrected chi connectivity index (χ1v) is 18.3. The summed E-state index contributed by atoms with van der Waals surface area (Å²) < 4.78 is 106. The van der Waals surface area contributed by atoms with Gasteiger partial charge in [-0.1, -0.05) is 11.2 Å². The van der Waals surface area contributed by atoms with Crippen molar-refractivity contribution in [2.45, 2.75) is 16.4 Å². The van der Waals surface area contributed by atoms with Crippen LogP contribution in [0, 0.1) is 34.6 Å². The Bertz CT molecular complexity index is 1940. The summed E-state index contributed by atoms with van der Waals surface area (Å²) in [4.78, 5) is 22.5. The van der Waals surface area contributed by atoms with E-state index in [2.05, 4.69) is 10.0 Å². The van der Waals surface area contributed by atoms with E-state index in [0.717, 1.165) is 68.8 Å². The lowest BCUT2D eigenvalue weighted by Crippen LogP contribution is -2.75. The summed E-state index contributed by atoms with van der Waals surface area (Å²) >= 11 is 0.191.